The van der Waals surface area contributed by atoms with Gasteiger partial charge in [-0.25, -0.2) is 0 Å². The molecule has 0 fully saturated rings. The van der Waals surface area contributed by atoms with Gasteiger partial charge in [-0.3, -0.25) is 0 Å². The zero-order valence-corrected chi connectivity index (χ0v) is 10.2. The summed E-state index contributed by atoms with van der Waals surface area (Å²) in [6.07, 6.45) is 9.97. The van der Waals surface area contributed by atoms with Crippen molar-refractivity contribution in [3.63, 3.8) is 0 Å². The molecule has 0 spiro atoms. The highest BCUT2D eigenvalue weighted by Gasteiger charge is 2.35. The van der Waals surface area contributed by atoms with Crippen molar-refractivity contribution in [1.29, 1.82) is 0 Å². The minimum absolute atomic E-state index is 0.368. The van der Waals surface area contributed by atoms with Crippen LogP contribution in [0.4, 0.5) is 0 Å². The molecule has 1 rings (SSSR count). The van der Waals surface area contributed by atoms with Gasteiger partial charge in [0.1, 0.15) is 0 Å². The number of hydrogen-bond acceptors (Lipinski definition) is 0. The zero-order chi connectivity index (χ0) is 9.03. The molecule has 0 heterocycles. The quantitative estimate of drug-likeness (QED) is 0.361. The highest BCUT2D eigenvalue weighted by atomic mass is 35.8. The average molecular weight is 244 g/mol. The molecule has 1 aliphatic carbocycles. The zero-order valence-electron chi connectivity index (χ0n) is 6.90. The van der Waals surface area contributed by atoms with Crippen LogP contribution in [0.25, 0.3) is 0 Å². The number of halogens is 3. The molecule has 0 aromatic rings. The Morgan fingerprint density at radius 1 is 1.00 bits per heavy atom. The second-order valence-corrected chi connectivity index (χ2v) is 12.2. The van der Waals surface area contributed by atoms with Gasteiger partial charge in [-0.15, -0.1) is 33.2 Å². The Morgan fingerprint density at radius 3 is 2.33 bits per heavy atom. The van der Waals surface area contributed by atoms with Crippen LogP contribution in [0.5, 0.6) is 0 Å². The number of rotatable bonds is 1. The van der Waals surface area contributed by atoms with Crippen LogP contribution in [0.1, 0.15) is 32.1 Å². The lowest BCUT2D eigenvalue weighted by Crippen LogP contribution is -2.20. The van der Waals surface area contributed by atoms with Gasteiger partial charge >= 0.3 is 6.00 Å². The fraction of sp³-hybridized carbons (Fsp3) is 0.750. The molecule has 0 N–H and O–H groups in total. The predicted molar refractivity (Wildman–Crippen MR) is 59.3 cm³/mol. The molecule has 0 bridgehead atoms. The van der Waals surface area contributed by atoms with Crippen LogP contribution < -0.4 is 0 Å². The van der Waals surface area contributed by atoms with Gasteiger partial charge < -0.3 is 0 Å². The van der Waals surface area contributed by atoms with E-state index in [0.29, 0.717) is 5.54 Å². The first-order valence-corrected chi connectivity index (χ1v) is 9.43. The molecular formula is C8H13Cl3Si. The largest absolute Gasteiger partial charge is 0.344 e. The Hall–Kier alpha value is 0.827. The van der Waals surface area contributed by atoms with E-state index < -0.39 is 6.00 Å². The minimum atomic E-state index is -2.43. The van der Waals surface area contributed by atoms with Crippen molar-refractivity contribution < 1.29 is 0 Å². The lowest BCUT2D eigenvalue weighted by molar-refractivity contribution is 0.631. The van der Waals surface area contributed by atoms with Crippen molar-refractivity contribution >= 4 is 39.2 Å². The molecule has 0 saturated carbocycles. The van der Waals surface area contributed by atoms with Crippen molar-refractivity contribution in [1.82, 2.24) is 0 Å². The highest BCUT2D eigenvalue weighted by molar-refractivity contribution is 7.65. The summed E-state index contributed by atoms with van der Waals surface area (Å²) in [6, 6.07) is -2.43. The first-order valence-electron chi connectivity index (χ1n) is 4.32. The van der Waals surface area contributed by atoms with Gasteiger partial charge in [0.15, 0.2) is 0 Å². The van der Waals surface area contributed by atoms with Crippen molar-refractivity contribution in [3.8, 4) is 0 Å². The molecule has 0 aromatic carbocycles. The summed E-state index contributed by atoms with van der Waals surface area (Å²) in [5.41, 5.74) is 0.368. The van der Waals surface area contributed by atoms with E-state index in [1.165, 1.54) is 6.42 Å². The molecule has 0 amide bonds. The molecule has 12 heavy (non-hydrogen) atoms. The molecule has 0 aromatic heterocycles. The second-order valence-electron chi connectivity index (χ2n) is 3.22. The van der Waals surface area contributed by atoms with Crippen LogP contribution in [0.2, 0.25) is 5.54 Å². The predicted octanol–water partition coefficient (Wildman–Crippen LogP) is 4.53. The Balaban J connectivity index is 2.48. The Labute approximate surface area is 89.0 Å². The van der Waals surface area contributed by atoms with E-state index in [-0.39, 0.29) is 0 Å². The van der Waals surface area contributed by atoms with Gasteiger partial charge in [0, 0.05) is 0 Å². The monoisotopic (exact) mass is 242 g/mol. The Morgan fingerprint density at radius 2 is 1.67 bits per heavy atom. The number of hydrogen-bond donors (Lipinski definition) is 0. The van der Waals surface area contributed by atoms with E-state index in [9.17, 15) is 0 Å². The van der Waals surface area contributed by atoms with Crippen LogP contribution in [0.15, 0.2) is 12.2 Å². The van der Waals surface area contributed by atoms with E-state index in [2.05, 4.69) is 12.2 Å². The van der Waals surface area contributed by atoms with Crippen LogP contribution in [-0.2, 0) is 0 Å². The molecule has 0 unspecified atom stereocenters. The third-order valence-electron chi connectivity index (χ3n) is 2.23. The molecule has 70 valence electrons. The summed E-state index contributed by atoms with van der Waals surface area (Å²) in [7, 11) is 0. The van der Waals surface area contributed by atoms with Gasteiger partial charge in [-0.2, -0.15) is 0 Å². The van der Waals surface area contributed by atoms with Gasteiger partial charge in [-0.05, 0) is 37.6 Å². The van der Waals surface area contributed by atoms with E-state index in [4.69, 9.17) is 33.2 Å². The summed E-state index contributed by atoms with van der Waals surface area (Å²) in [4.78, 5) is 0. The molecule has 0 radical (unpaired) electrons. The maximum atomic E-state index is 5.98. The van der Waals surface area contributed by atoms with E-state index in [1.54, 1.807) is 0 Å². The molecule has 0 aliphatic heterocycles. The van der Waals surface area contributed by atoms with E-state index in [0.717, 1.165) is 25.7 Å². The first-order chi connectivity index (χ1) is 5.61. The number of allylic oxidation sites excluding steroid dienone is 2. The average Bonchev–Trinajstić information content (AvgIpc) is 1.81. The van der Waals surface area contributed by atoms with E-state index in [1.807, 2.05) is 0 Å². The third kappa shape index (κ3) is 3.69. The van der Waals surface area contributed by atoms with Crippen LogP contribution in [0, 0.1) is 0 Å². The summed E-state index contributed by atoms with van der Waals surface area (Å²) in [6.45, 7) is 0. The Bertz CT molecular complexity index is 162. The topological polar surface area (TPSA) is 0 Å². The SMILES string of the molecule is Cl[Si](Cl)(Cl)[C@H]1CCC=CCCC1. The molecule has 0 saturated heterocycles. The standard InChI is InChI=1S/C8H13Cl3Si/c9-12(10,11)8-6-4-2-1-3-5-7-8/h1-2,8H,3-7H2/t8-/m0/s1. The lowest BCUT2D eigenvalue weighted by Gasteiger charge is -2.22. The molecule has 4 heteroatoms. The summed E-state index contributed by atoms with van der Waals surface area (Å²) in [5, 5.41) is 0. The summed E-state index contributed by atoms with van der Waals surface area (Å²) < 4.78 is 0. The minimum Gasteiger partial charge on any atom is -0.126 e. The lowest BCUT2D eigenvalue weighted by atomic mass is 10.1. The highest BCUT2D eigenvalue weighted by Crippen LogP contribution is 2.41. The molecule has 0 nitrogen and oxygen atoms in total. The first kappa shape index (κ1) is 10.9. The van der Waals surface area contributed by atoms with E-state index >= 15 is 0 Å². The fourth-order valence-corrected chi connectivity index (χ4v) is 4.48. The summed E-state index contributed by atoms with van der Waals surface area (Å²) >= 11 is 18.0. The Kier molecular flexibility index (Phi) is 4.45. The molecule has 1 atom stereocenters. The molecular weight excluding hydrogens is 231 g/mol. The van der Waals surface area contributed by atoms with Crippen molar-refractivity contribution in [2.45, 2.75) is 37.6 Å². The molecule has 1 aliphatic rings. The van der Waals surface area contributed by atoms with Crippen molar-refractivity contribution in [2.75, 3.05) is 0 Å². The van der Waals surface area contributed by atoms with Gasteiger partial charge in [-0.1, -0.05) is 12.2 Å². The van der Waals surface area contributed by atoms with Crippen LogP contribution >= 0.6 is 33.2 Å². The van der Waals surface area contributed by atoms with Crippen molar-refractivity contribution in [3.05, 3.63) is 12.2 Å². The van der Waals surface area contributed by atoms with Crippen molar-refractivity contribution in [2.24, 2.45) is 0 Å². The smallest absolute Gasteiger partial charge is 0.126 e. The second kappa shape index (κ2) is 4.90. The van der Waals surface area contributed by atoms with Crippen LogP contribution in [-0.4, -0.2) is 6.00 Å². The maximum Gasteiger partial charge on any atom is 0.344 e. The fourth-order valence-electron chi connectivity index (χ4n) is 1.49. The van der Waals surface area contributed by atoms with Gasteiger partial charge in [0.2, 0.25) is 0 Å². The normalized spacial score (nSPS) is 26.4. The maximum absolute atomic E-state index is 5.98. The summed E-state index contributed by atoms with van der Waals surface area (Å²) in [5.74, 6) is 0. The van der Waals surface area contributed by atoms with Gasteiger partial charge in [0.25, 0.3) is 0 Å². The van der Waals surface area contributed by atoms with Gasteiger partial charge in [0.05, 0.1) is 0 Å². The van der Waals surface area contributed by atoms with Crippen LogP contribution in [0.3, 0.4) is 0 Å². The third-order valence-corrected chi connectivity index (χ3v) is 6.52.